The summed E-state index contributed by atoms with van der Waals surface area (Å²) in [5, 5.41) is 14.0. The lowest BCUT2D eigenvalue weighted by atomic mass is 10.1. The van der Waals surface area contributed by atoms with Crippen molar-refractivity contribution in [3.8, 4) is 0 Å². The van der Waals surface area contributed by atoms with Gasteiger partial charge in [0.25, 0.3) is 0 Å². The Labute approximate surface area is 99.8 Å². The molecule has 0 saturated heterocycles. The molecule has 2 rings (SSSR count). The number of tetrazole rings is 1. The van der Waals surface area contributed by atoms with E-state index in [-0.39, 0.29) is 6.29 Å². The molecule has 7 nitrogen and oxygen atoms in total. The second-order valence-corrected chi connectivity index (χ2v) is 3.89. The predicted octanol–water partition coefficient (Wildman–Crippen LogP) is -0.0923. The van der Waals surface area contributed by atoms with E-state index in [9.17, 15) is 0 Å². The first kappa shape index (κ1) is 12.2. The average Bonchev–Trinajstić information content (AvgIpc) is 2.90. The van der Waals surface area contributed by atoms with Crippen molar-refractivity contribution in [3.63, 3.8) is 0 Å². The summed E-state index contributed by atoms with van der Waals surface area (Å²) in [6.07, 6.45) is 2.93. The van der Waals surface area contributed by atoms with E-state index >= 15 is 0 Å². The Bertz CT molecular complexity index is 361. The Morgan fingerprint density at radius 2 is 2.29 bits per heavy atom. The van der Waals surface area contributed by atoms with Gasteiger partial charge in [-0.3, -0.25) is 4.90 Å². The summed E-state index contributed by atoms with van der Waals surface area (Å²) in [6.45, 7) is 2.52. The fourth-order valence-corrected chi connectivity index (χ4v) is 1.88. The van der Waals surface area contributed by atoms with Crippen LogP contribution in [0.25, 0.3) is 5.57 Å². The van der Waals surface area contributed by atoms with E-state index in [2.05, 4.69) is 31.6 Å². The molecule has 0 fully saturated rings. The van der Waals surface area contributed by atoms with Gasteiger partial charge in [0.1, 0.15) is 0 Å². The molecule has 7 heteroatoms. The van der Waals surface area contributed by atoms with Gasteiger partial charge in [-0.1, -0.05) is 6.08 Å². The molecule has 0 atom stereocenters. The van der Waals surface area contributed by atoms with Crippen LogP contribution >= 0.6 is 0 Å². The SMILES string of the molecule is COC(CN1CCC=C(c2nn[nH]n2)C1)OC. The summed E-state index contributed by atoms with van der Waals surface area (Å²) < 4.78 is 10.4. The summed E-state index contributed by atoms with van der Waals surface area (Å²) >= 11 is 0. The highest BCUT2D eigenvalue weighted by Gasteiger charge is 2.19. The second kappa shape index (κ2) is 5.85. The quantitative estimate of drug-likeness (QED) is 0.724. The number of hydrogen-bond acceptors (Lipinski definition) is 6. The minimum Gasteiger partial charge on any atom is -0.355 e. The molecule has 1 aliphatic rings. The summed E-state index contributed by atoms with van der Waals surface area (Å²) in [5.41, 5.74) is 1.09. The zero-order chi connectivity index (χ0) is 12.1. The molecule has 0 amide bonds. The lowest BCUT2D eigenvalue weighted by Gasteiger charge is -2.28. The number of H-pyrrole nitrogens is 1. The van der Waals surface area contributed by atoms with Crippen molar-refractivity contribution in [3.05, 3.63) is 11.9 Å². The molecular weight excluding hydrogens is 222 g/mol. The van der Waals surface area contributed by atoms with Crippen molar-refractivity contribution in [1.29, 1.82) is 0 Å². The van der Waals surface area contributed by atoms with Crippen LogP contribution in [0, 0.1) is 0 Å². The van der Waals surface area contributed by atoms with Crippen molar-refractivity contribution >= 4 is 5.57 Å². The van der Waals surface area contributed by atoms with Crippen molar-refractivity contribution in [2.75, 3.05) is 33.9 Å². The van der Waals surface area contributed by atoms with Gasteiger partial charge < -0.3 is 9.47 Å². The van der Waals surface area contributed by atoms with E-state index in [4.69, 9.17) is 9.47 Å². The summed E-state index contributed by atoms with van der Waals surface area (Å²) in [5.74, 6) is 0.668. The molecule has 0 radical (unpaired) electrons. The fourth-order valence-electron chi connectivity index (χ4n) is 1.88. The first-order valence-corrected chi connectivity index (χ1v) is 5.54. The maximum absolute atomic E-state index is 5.20. The Morgan fingerprint density at radius 1 is 1.47 bits per heavy atom. The van der Waals surface area contributed by atoms with Crippen LogP contribution in [-0.4, -0.2) is 65.7 Å². The minimum atomic E-state index is -0.195. The minimum absolute atomic E-state index is 0.195. The van der Waals surface area contributed by atoms with Crippen molar-refractivity contribution in [2.45, 2.75) is 12.7 Å². The largest absolute Gasteiger partial charge is 0.355 e. The van der Waals surface area contributed by atoms with E-state index in [0.29, 0.717) is 5.82 Å². The van der Waals surface area contributed by atoms with Gasteiger partial charge in [-0.25, -0.2) is 0 Å². The molecule has 0 spiro atoms. The molecule has 94 valence electrons. The molecule has 0 bridgehead atoms. The first-order chi connectivity index (χ1) is 8.33. The maximum Gasteiger partial charge on any atom is 0.201 e. The van der Waals surface area contributed by atoms with Crippen LogP contribution in [0.5, 0.6) is 0 Å². The van der Waals surface area contributed by atoms with Crippen molar-refractivity contribution in [2.24, 2.45) is 0 Å². The van der Waals surface area contributed by atoms with E-state index in [0.717, 1.165) is 31.6 Å². The molecule has 0 aromatic carbocycles. The highest BCUT2D eigenvalue weighted by molar-refractivity contribution is 5.61. The number of nitrogens with one attached hydrogen (secondary N) is 1. The Kier molecular flexibility index (Phi) is 4.18. The lowest BCUT2D eigenvalue weighted by molar-refractivity contribution is -0.115. The van der Waals surface area contributed by atoms with Crippen LogP contribution in [-0.2, 0) is 9.47 Å². The van der Waals surface area contributed by atoms with Gasteiger partial charge >= 0.3 is 0 Å². The molecule has 2 heterocycles. The van der Waals surface area contributed by atoms with Crippen LogP contribution in [0.1, 0.15) is 12.2 Å². The molecule has 1 N–H and O–H groups in total. The molecule has 0 aliphatic carbocycles. The smallest absolute Gasteiger partial charge is 0.201 e. The van der Waals surface area contributed by atoms with Crippen LogP contribution in [0.4, 0.5) is 0 Å². The summed E-state index contributed by atoms with van der Waals surface area (Å²) in [7, 11) is 3.29. The zero-order valence-corrected chi connectivity index (χ0v) is 10.1. The van der Waals surface area contributed by atoms with E-state index in [1.807, 2.05) is 0 Å². The summed E-state index contributed by atoms with van der Waals surface area (Å²) in [6, 6.07) is 0. The number of nitrogens with zero attached hydrogens (tertiary/aromatic N) is 4. The molecular formula is C10H17N5O2. The van der Waals surface area contributed by atoms with E-state index < -0.39 is 0 Å². The van der Waals surface area contributed by atoms with Gasteiger partial charge in [-0.15, -0.1) is 10.2 Å². The summed E-state index contributed by atoms with van der Waals surface area (Å²) in [4.78, 5) is 2.25. The monoisotopic (exact) mass is 239 g/mol. The van der Waals surface area contributed by atoms with Gasteiger partial charge in [0, 0.05) is 39.4 Å². The van der Waals surface area contributed by atoms with Gasteiger partial charge in [-0.05, 0) is 11.6 Å². The maximum atomic E-state index is 5.20. The van der Waals surface area contributed by atoms with E-state index in [1.54, 1.807) is 14.2 Å². The van der Waals surface area contributed by atoms with E-state index in [1.165, 1.54) is 0 Å². The normalized spacial score (nSPS) is 17.5. The molecule has 0 saturated carbocycles. The number of hydrogen-bond donors (Lipinski definition) is 1. The molecule has 17 heavy (non-hydrogen) atoms. The van der Waals surface area contributed by atoms with Crippen molar-refractivity contribution < 1.29 is 9.47 Å². The lowest BCUT2D eigenvalue weighted by Crippen LogP contribution is -2.37. The van der Waals surface area contributed by atoms with Crippen LogP contribution in [0.2, 0.25) is 0 Å². The molecule has 0 unspecified atom stereocenters. The van der Waals surface area contributed by atoms with Gasteiger partial charge in [0.05, 0.1) is 0 Å². The van der Waals surface area contributed by atoms with Gasteiger partial charge in [0.15, 0.2) is 6.29 Å². The number of aromatic nitrogens is 4. The van der Waals surface area contributed by atoms with Crippen LogP contribution < -0.4 is 0 Å². The average molecular weight is 239 g/mol. The van der Waals surface area contributed by atoms with Crippen molar-refractivity contribution in [1.82, 2.24) is 25.5 Å². The third-order valence-electron chi connectivity index (χ3n) is 2.80. The Hall–Kier alpha value is -1.31. The highest BCUT2D eigenvalue weighted by atomic mass is 16.7. The molecule has 1 aromatic heterocycles. The third kappa shape index (κ3) is 3.09. The Morgan fingerprint density at radius 3 is 2.94 bits per heavy atom. The number of rotatable bonds is 5. The van der Waals surface area contributed by atoms with Crippen LogP contribution in [0.15, 0.2) is 6.08 Å². The van der Waals surface area contributed by atoms with Crippen LogP contribution in [0.3, 0.4) is 0 Å². The predicted molar refractivity (Wildman–Crippen MR) is 61.0 cm³/mol. The number of methoxy groups -OCH3 is 2. The highest BCUT2D eigenvalue weighted by Crippen LogP contribution is 2.17. The first-order valence-electron chi connectivity index (χ1n) is 5.54. The second-order valence-electron chi connectivity index (χ2n) is 3.89. The van der Waals surface area contributed by atoms with Gasteiger partial charge in [0.2, 0.25) is 5.82 Å². The third-order valence-corrected chi connectivity index (χ3v) is 2.80. The standard InChI is InChI=1S/C10H17N5O2/c1-16-9(17-2)7-15-5-3-4-8(6-15)10-11-13-14-12-10/h4,9H,3,5-7H2,1-2H3,(H,11,12,13,14). The number of ether oxygens (including phenoxy) is 2. The van der Waals surface area contributed by atoms with Gasteiger partial charge in [-0.2, -0.15) is 5.21 Å². The Balaban J connectivity index is 1.94. The topological polar surface area (TPSA) is 76.2 Å². The number of aromatic amines is 1. The zero-order valence-electron chi connectivity index (χ0n) is 10.1. The molecule has 1 aliphatic heterocycles. The fraction of sp³-hybridized carbons (Fsp3) is 0.700. The molecule has 1 aromatic rings.